The minimum absolute atomic E-state index is 0.00854. The van der Waals surface area contributed by atoms with E-state index in [1.54, 1.807) is 7.05 Å². The first-order valence-electron chi connectivity index (χ1n) is 4.20. The molecule has 0 spiro atoms. The normalized spacial score (nSPS) is 14.8. The van der Waals surface area contributed by atoms with Crippen LogP contribution in [0, 0.1) is 0 Å². The van der Waals surface area contributed by atoms with Gasteiger partial charge in [-0.15, -0.1) is 7.05 Å². The second-order valence-corrected chi connectivity index (χ2v) is 3.93. The lowest BCUT2D eigenvalue weighted by atomic mass is 10.1. The van der Waals surface area contributed by atoms with Crippen LogP contribution in [0.1, 0.15) is 34.6 Å². The van der Waals surface area contributed by atoms with Gasteiger partial charge in [-0.2, -0.15) is 5.70 Å². The van der Waals surface area contributed by atoms with Gasteiger partial charge in [0.2, 0.25) is 0 Å². The molecule has 0 N–H and O–H groups in total. The Labute approximate surface area is 75.8 Å². The molecule has 2 nitrogen and oxygen atoms in total. The van der Waals surface area contributed by atoms with E-state index < -0.39 is 0 Å². The highest BCUT2D eigenvalue weighted by Crippen LogP contribution is 2.08. The van der Waals surface area contributed by atoms with Gasteiger partial charge >= 0.3 is 0 Å². The highest BCUT2D eigenvalue weighted by atomic mass is 14.8. The largest absolute Gasteiger partial charge is 0.691 e. The number of nitrogens with zero attached hydrogens (tertiary/aromatic N) is 2. The molecular weight excluding hydrogens is 148 g/mol. The monoisotopic (exact) mass is 167 g/mol. The zero-order valence-electron chi connectivity index (χ0n) is 8.97. The van der Waals surface area contributed by atoms with Gasteiger partial charge in [-0.05, 0) is 27.7 Å². The zero-order chi connectivity index (χ0) is 9.78. The number of rotatable bonds is 2. The van der Waals surface area contributed by atoms with Crippen LogP contribution in [0.25, 0.3) is 5.32 Å². The van der Waals surface area contributed by atoms with Gasteiger partial charge in [0.15, 0.2) is 0 Å². The predicted molar refractivity (Wildman–Crippen MR) is 55.9 cm³/mol. The molecule has 0 aliphatic carbocycles. The van der Waals surface area contributed by atoms with Crippen molar-refractivity contribution in [3.8, 4) is 0 Å². The van der Waals surface area contributed by atoms with Crippen LogP contribution < -0.4 is 0 Å². The summed E-state index contributed by atoms with van der Waals surface area (Å²) < 4.78 is 0. The maximum atomic E-state index is 4.48. The fourth-order valence-corrected chi connectivity index (χ4v) is 0.928. The molecule has 0 fully saturated rings. The molecule has 0 aromatic heterocycles. The summed E-state index contributed by atoms with van der Waals surface area (Å²) in [4.78, 5) is 4.48. The Morgan fingerprint density at radius 2 is 1.75 bits per heavy atom. The molecule has 12 heavy (non-hydrogen) atoms. The van der Waals surface area contributed by atoms with Crippen LogP contribution in [0.5, 0.6) is 0 Å². The molecule has 0 aromatic carbocycles. The molecule has 70 valence electrons. The van der Waals surface area contributed by atoms with E-state index in [0.717, 1.165) is 11.4 Å². The van der Waals surface area contributed by atoms with Crippen LogP contribution in [-0.4, -0.2) is 18.3 Å². The quantitative estimate of drug-likeness (QED) is 0.565. The molecule has 0 heterocycles. The summed E-state index contributed by atoms with van der Waals surface area (Å²) in [6.45, 7) is 10.2. The van der Waals surface area contributed by atoms with E-state index in [-0.39, 0.29) is 5.54 Å². The molecule has 0 unspecified atom stereocenters. The van der Waals surface area contributed by atoms with Crippen molar-refractivity contribution in [2.75, 3.05) is 7.05 Å². The molecule has 0 saturated carbocycles. The van der Waals surface area contributed by atoms with Crippen molar-refractivity contribution >= 4 is 5.71 Å². The van der Waals surface area contributed by atoms with Crippen LogP contribution in [0.3, 0.4) is 0 Å². The van der Waals surface area contributed by atoms with Crippen LogP contribution >= 0.6 is 0 Å². The zero-order valence-corrected chi connectivity index (χ0v) is 8.97. The lowest BCUT2D eigenvalue weighted by Crippen LogP contribution is -2.11. The summed E-state index contributed by atoms with van der Waals surface area (Å²) in [5.74, 6) is 0. The minimum Gasteiger partial charge on any atom is -0.691 e. The molecule has 0 saturated heterocycles. The smallest absolute Gasteiger partial charge is 0.0527 e. The molecule has 0 rings (SSSR count). The average molecular weight is 167 g/mol. The van der Waals surface area contributed by atoms with Crippen molar-refractivity contribution in [2.45, 2.75) is 40.2 Å². The summed E-state index contributed by atoms with van der Waals surface area (Å²) in [6.07, 6.45) is 1.99. The Kier molecular flexibility index (Phi) is 4.01. The van der Waals surface area contributed by atoms with Crippen LogP contribution in [0.2, 0.25) is 0 Å². The van der Waals surface area contributed by atoms with Gasteiger partial charge in [-0.25, -0.2) is 0 Å². The molecule has 2 heteroatoms. The van der Waals surface area contributed by atoms with E-state index in [1.807, 2.05) is 19.9 Å². The van der Waals surface area contributed by atoms with Gasteiger partial charge in [0.25, 0.3) is 0 Å². The third kappa shape index (κ3) is 5.96. The molecule has 0 atom stereocenters. The third-order valence-corrected chi connectivity index (χ3v) is 1.28. The second-order valence-electron chi connectivity index (χ2n) is 3.93. The lowest BCUT2D eigenvalue weighted by Gasteiger charge is -2.16. The van der Waals surface area contributed by atoms with Crippen LogP contribution in [0.4, 0.5) is 0 Å². The summed E-state index contributed by atoms with van der Waals surface area (Å²) in [5.41, 5.74) is 2.06. The first-order valence-corrected chi connectivity index (χ1v) is 4.20. The SMILES string of the molecule is C[N-]/C(C)=C\C(C)=NC(C)(C)C. The summed E-state index contributed by atoms with van der Waals surface area (Å²) in [5, 5.41) is 4.04. The molecule has 0 bridgehead atoms. The van der Waals surface area contributed by atoms with E-state index in [1.165, 1.54) is 0 Å². The van der Waals surface area contributed by atoms with Gasteiger partial charge in [-0.1, -0.05) is 13.0 Å². The Balaban J connectivity index is 4.40. The average Bonchev–Trinajstić information content (AvgIpc) is 1.82. The molecule has 0 aliphatic heterocycles. The van der Waals surface area contributed by atoms with Gasteiger partial charge in [-0.3, -0.25) is 4.99 Å². The Bertz CT molecular complexity index is 194. The van der Waals surface area contributed by atoms with Gasteiger partial charge in [0.1, 0.15) is 0 Å². The molecule has 0 radical (unpaired) electrons. The maximum absolute atomic E-state index is 4.48. The van der Waals surface area contributed by atoms with Crippen molar-refractivity contribution in [2.24, 2.45) is 4.99 Å². The molecular formula is C10H19N2-. The Hall–Kier alpha value is -0.790. The van der Waals surface area contributed by atoms with Crippen molar-refractivity contribution < 1.29 is 0 Å². The lowest BCUT2D eigenvalue weighted by molar-refractivity contribution is 0.584. The Morgan fingerprint density at radius 1 is 1.25 bits per heavy atom. The van der Waals surface area contributed by atoms with Crippen molar-refractivity contribution in [1.29, 1.82) is 0 Å². The van der Waals surface area contributed by atoms with Crippen LogP contribution in [0.15, 0.2) is 16.8 Å². The molecule has 0 aliphatic rings. The molecule has 0 aromatic rings. The van der Waals surface area contributed by atoms with Crippen molar-refractivity contribution in [1.82, 2.24) is 0 Å². The fraction of sp³-hybridized carbons (Fsp3) is 0.700. The summed E-state index contributed by atoms with van der Waals surface area (Å²) in [6, 6.07) is 0. The van der Waals surface area contributed by atoms with Gasteiger partial charge < -0.3 is 5.32 Å². The van der Waals surface area contributed by atoms with E-state index >= 15 is 0 Å². The Morgan fingerprint density at radius 3 is 2.08 bits per heavy atom. The van der Waals surface area contributed by atoms with Gasteiger partial charge in [0, 0.05) is 5.71 Å². The topological polar surface area (TPSA) is 26.5 Å². The van der Waals surface area contributed by atoms with Crippen molar-refractivity contribution in [3.63, 3.8) is 0 Å². The maximum Gasteiger partial charge on any atom is 0.0527 e. The second kappa shape index (κ2) is 4.29. The standard InChI is InChI=1S/C10H19N2/c1-8(11-6)7-9(2)12-10(3,4)5/h7H,1-6H3/q-1/b8-7-,12-9?. The van der Waals surface area contributed by atoms with E-state index in [2.05, 4.69) is 31.1 Å². The number of allylic oxidation sites excluding steroid dienone is 2. The van der Waals surface area contributed by atoms with Crippen molar-refractivity contribution in [3.05, 3.63) is 17.1 Å². The highest BCUT2D eigenvalue weighted by molar-refractivity contribution is 5.93. The minimum atomic E-state index is 0.00854. The van der Waals surface area contributed by atoms with E-state index in [0.29, 0.717) is 0 Å². The van der Waals surface area contributed by atoms with Gasteiger partial charge in [0.05, 0.1) is 5.54 Å². The number of aliphatic imine (C=N–C) groups is 1. The number of hydrogen-bond donors (Lipinski definition) is 0. The molecule has 0 amide bonds. The summed E-state index contributed by atoms with van der Waals surface area (Å²) in [7, 11) is 1.79. The fourth-order valence-electron chi connectivity index (χ4n) is 0.928. The first-order chi connectivity index (χ1) is 5.35. The number of hydrogen-bond acceptors (Lipinski definition) is 1. The van der Waals surface area contributed by atoms with Crippen LogP contribution in [-0.2, 0) is 0 Å². The highest BCUT2D eigenvalue weighted by Gasteiger charge is 2.05. The summed E-state index contributed by atoms with van der Waals surface area (Å²) >= 11 is 0. The van der Waals surface area contributed by atoms with E-state index in [4.69, 9.17) is 0 Å². The third-order valence-electron chi connectivity index (χ3n) is 1.28. The van der Waals surface area contributed by atoms with E-state index in [9.17, 15) is 0 Å². The first kappa shape index (κ1) is 11.2. The predicted octanol–water partition coefficient (Wildman–Crippen LogP) is 3.15.